The van der Waals surface area contributed by atoms with Gasteiger partial charge >= 0.3 is 0 Å². The van der Waals surface area contributed by atoms with Gasteiger partial charge in [-0.15, -0.1) is 12.4 Å². The van der Waals surface area contributed by atoms with Crippen LogP contribution in [0.25, 0.3) is 5.65 Å². The lowest BCUT2D eigenvalue weighted by Gasteiger charge is -2.29. The van der Waals surface area contributed by atoms with Crippen LogP contribution in [0.5, 0.6) is 0 Å². The fraction of sp³-hybridized carbons (Fsp3) is 0.278. The highest BCUT2D eigenvalue weighted by Crippen LogP contribution is 2.28. The molecule has 0 radical (unpaired) electrons. The highest BCUT2D eigenvalue weighted by molar-refractivity contribution is 6.34. The molecule has 0 unspecified atom stereocenters. The van der Waals surface area contributed by atoms with Gasteiger partial charge in [0.25, 0.3) is 5.91 Å². The molecular weight excluding hydrogens is 406 g/mol. The van der Waals surface area contributed by atoms with Crippen LogP contribution >= 0.6 is 24.0 Å². The minimum absolute atomic E-state index is 0. The van der Waals surface area contributed by atoms with E-state index in [2.05, 4.69) is 20.6 Å². The van der Waals surface area contributed by atoms with Crippen molar-refractivity contribution < 1.29 is 9.18 Å². The van der Waals surface area contributed by atoms with E-state index in [4.69, 9.17) is 11.6 Å². The first-order valence-corrected chi connectivity index (χ1v) is 8.96. The number of carbonyl (C=O) groups excluding carboxylic acids is 1. The zero-order valence-corrected chi connectivity index (χ0v) is 16.6. The summed E-state index contributed by atoms with van der Waals surface area (Å²) in [6.07, 6.45) is 4.96. The van der Waals surface area contributed by atoms with Crippen molar-refractivity contribution in [1.82, 2.24) is 19.7 Å². The predicted octanol–water partition coefficient (Wildman–Crippen LogP) is 2.91. The summed E-state index contributed by atoms with van der Waals surface area (Å²) < 4.78 is 16.4. The Bertz CT molecular complexity index is 995. The summed E-state index contributed by atoms with van der Waals surface area (Å²) in [6.45, 7) is 5.03. The molecule has 1 aliphatic rings. The van der Waals surface area contributed by atoms with Crippen LogP contribution in [0.3, 0.4) is 0 Å². The van der Waals surface area contributed by atoms with Crippen molar-refractivity contribution in [3.05, 3.63) is 52.8 Å². The van der Waals surface area contributed by atoms with Gasteiger partial charge in [0.2, 0.25) is 0 Å². The number of amides is 1. The number of nitrogens with one attached hydrogen (secondary N) is 2. The first-order chi connectivity index (χ1) is 13.0. The van der Waals surface area contributed by atoms with Gasteiger partial charge in [0.1, 0.15) is 11.6 Å². The molecule has 1 aromatic carbocycles. The highest BCUT2D eigenvalue weighted by Gasteiger charge is 2.21. The van der Waals surface area contributed by atoms with Gasteiger partial charge in [-0.05, 0) is 19.1 Å². The maximum Gasteiger partial charge on any atom is 0.261 e. The number of hydrogen-bond donors (Lipinski definition) is 2. The van der Waals surface area contributed by atoms with Crippen molar-refractivity contribution in [2.45, 2.75) is 6.92 Å². The molecule has 1 aliphatic heterocycles. The van der Waals surface area contributed by atoms with Gasteiger partial charge in [0.15, 0.2) is 5.65 Å². The third-order valence-electron chi connectivity index (χ3n) is 4.44. The smallest absolute Gasteiger partial charge is 0.261 e. The van der Waals surface area contributed by atoms with Crippen molar-refractivity contribution >= 4 is 47.1 Å². The van der Waals surface area contributed by atoms with Crippen molar-refractivity contribution in [3.63, 3.8) is 0 Å². The van der Waals surface area contributed by atoms with E-state index in [9.17, 15) is 9.18 Å². The molecule has 2 aromatic heterocycles. The number of hydrogen-bond acceptors (Lipinski definition) is 5. The molecule has 1 saturated heterocycles. The lowest BCUT2D eigenvalue weighted by molar-refractivity contribution is 0.102. The van der Waals surface area contributed by atoms with Crippen molar-refractivity contribution in [3.8, 4) is 0 Å². The van der Waals surface area contributed by atoms with Crippen molar-refractivity contribution in [1.29, 1.82) is 0 Å². The summed E-state index contributed by atoms with van der Waals surface area (Å²) in [5.41, 5.74) is 1.97. The van der Waals surface area contributed by atoms with Crippen LogP contribution in [-0.2, 0) is 0 Å². The van der Waals surface area contributed by atoms with E-state index in [1.54, 1.807) is 16.7 Å². The number of carbonyl (C=O) groups is 1. The maximum atomic E-state index is 14.7. The van der Waals surface area contributed by atoms with Crippen LogP contribution in [0, 0.1) is 12.7 Å². The van der Waals surface area contributed by atoms with Crippen molar-refractivity contribution in [2.24, 2.45) is 0 Å². The van der Waals surface area contributed by atoms with Gasteiger partial charge in [0.05, 0.1) is 28.7 Å². The van der Waals surface area contributed by atoms with Crippen LogP contribution < -0.4 is 15.5 Å². The average molecular weight is 425 g/mol. The molecule has 7 nitrogen and oxygen atoms in total. The number of halogens is 3. The largest absolute Gasteiger partial charge is 0.369 e. The van der Waals surface area contributed by atoms with Gasteiger partial charge in [-0.1, -0.05) is 11.6 Å². The lowest BCUT2D eigenvalue weighted by Crippen LogP contribution is -2.43. The number of anilines is 2. The van der Waals surface area contributed by atoms with Crippen LogP contribution in [-0.4, -0.2) is 46.5 Å². The molecular formula is C18H19Cl2FN6O. The Balaban J connectivity index is 0.00000225. The van der Waals surface area contributed by atoms with Crippen LogP contribution in [0.15, 0.2) is 30.7 Å². The molecule has 4 rings (SSSR count). The predicted molar refractivity (Wildman–Crippen MR) is 109 cm³/mol. The van der Waals surface area contributed by atoms with Gasteiger partial charge in [0, 0.05) is 38.1 Å². The number of benzene rings is 1. The summed E-state index contributed by atoms with van der Waals surface area (Å²) in [4.78, 5) is 23.0. The third-order valence-corrected chi connectivity index (χ3v) is 4.74. The summed E-state index contributed by atoms with van der Waals surface area (Å²) in [7, 11) is 0. The van der Waals surface area contributed by atoms with Gasteiger partial charge in [-0.3, -0.25) is 4.79 Å². The number of piperazine rings is 1. The zero-order valence-electron chi connectivity index (χ0n) is 15.1. The Morgan fingerprint density at radius 3 is 2.75 bits per heavy atom. The second-order valence-corrected chi connectivity index (χ2v) is 6.80. The standard InChI is InChI=1S/C18H18ClFN6O.ClH/c1-11-9-26-10-15(22-8-16(26)23-11)24-18(27)17-13(19)6-12(7-14(17)20)25-4-2-21-3-5-25;/h6-10,21H,2-5H2,1H3,(H,24,27);1H. The van der Waals surface area contributed by atoms with Crippen molar-refractivity contribution in [2.75, 3.05) is 36.4 Å². The fourth-order valence-corrected chi connectivity index (χ4v) is 3.44. The number of imidazole rings is 1. The summed E-state index contributed by atoms with van der Waals surface area (Å²) in [5.74, 6) is -1.02. The Morgan fingerprint density at radius 1 is 1.29 bits per heavy atom. The Hall–Kier alpha value is -2.42. The number of aryl methyl sites for hydroxylation is 1. The molecule has 148 valence electrons. The lowest BCUT2D eigenvalue weighted by atomic mass is 10.1. The molecule has 0 bridgehead atoms. The fourth-order valence-electron chi connectivity index (χ4n) is 3.15. The molecule has 1 fully saturated rings. The number of rotatable bonds is 3. The van der Waals surface area contributed by atoms with E-state index in [1.807, 2.05) is 18.0 Å². The molecule has 3 heterocycles. The van der Waals surface area contributed by atoms with Crippen LogP contribution in [0.1, 0.15) is 16.1 Å². The molecule has 28 heavy (non-hydrogen) atoms. The average Bonchev–Trinajstić information content (AvgIpc) is 3.01. The molecule has 1 amide bonds. The van der Waals surface area contributed by atoms with E-state index in [0.29, 0.717) is 11.3 Å². The van der Waals surface area contributed by atoms with E-state index < -0.39 is 11.7 Å². The van der Waals surface area contributed by atoms with E-state index >= 15 is 0 Å². The Labute approximate surface area is 172 Å². The van der Waals surface area contributed by atoms with E-state index in [-0.39, 0.29) is 28.8 Å². The topological polar surface area (TPSA) is 74.6 Å². The first kappa shape index (κ1) is 20.3. The minimum atomic E-state index is -0.659. The van der Waals surface area contributed by atoms with Gasteiger partial charge < -0.3 is 19.9 Å². The number of aromatic nitrogens is 3. The normalized spacial score (nSPS) is 14.0. The monoisotopic (exact) mass is 424 g/mol. The highest BCUT2D eigenvalue weighted by atomic mass is 35.5. The van der Waals surface area contributed by atoms with E-state index in [0.717, 1.165) is 31.9 Å². The maximum absolute atomic E-state index is 14.7. The summed E-state index contributed by atoms with van der Waals surface area (Å²) in [5, 5.41) is 5.90. The van der Waals surface area contributed by atoms with Gasteiger partial charge in [-0.25, -0.2) is 14.4 Å². The Kier molecular flexibility index (Phi) is 6.02. The third kappa shape index (κ3) is 4.04. The van der Waals surface area contributed by atoms with Gasteiger partial charge in [-0.2, -0.15) is 0 Å². The number of nitrogens with zero attached hydrogens (tertiary/aromatic N) is 4. The summed E-state index contributed by atoms with van der Waals surface area (Å²) >= 11 is 6.23. The Morgan fingerprint density at radius 2 is 2.04 bits per heavy atom. The quantitative estimate of drug-likeness (QED) is 0.675. The second kappa shape index (κ2) is 8.30. The minimum Gasteiger partial charge on any atom is -0.369 e. The molecule has 0 saturated carbocycles. The number of fused-ring (bicyclic) bond motifs is 1. The molecule has 0 aliphatic carbocycles. The summed E-state index contributed by atoms with van der Waals surface area (Å²) in [6, 6.07) is 2.97. The zero-order chi connectivity index (χ0) is 19.0. The SMILES string of the molecule is Cc1cn2cc(NC(=O)c3c(F)cc(N4CCNCC4)cc3Cl)ncc2n1.Cl. The second-order valence-electron chi connectivity index (χ2n) is 6.40. The molecule has 0 spiro atoms. The molecule has 0 atom stereocenters. The molecule has 3 aromatic rings. The molecule has 2 N–H and O–H groups in total. The first-order valence-electron chi connectivity index (χ1n) is 8.59. The van der Waals surface area contributed by atoms with E-state index in [1.165, 1.54) is 12.3 Å². The van der Waals surface area contributed by atoms with Crippen LogP contribution in [0.2, 0.25) is 5.02 Å². The molecule has 10 heteroatoms. The van der Waals surface area contributed by atoms with Crippen LogP contribution in [0.4, 0.5) is 15.9 Å².